The summed E-state index contributed by atoms with van der Waals surface area (Å²) in [5.74, 6) is 0.0167. The number of hydrogen-bond donors (Lipinski definition) is 2. The first kappa shape index (κ1) is 16.2. The van der Waals surface area contributed by atoms with Crippen molar-refractivity contribution in [2.45, 2.75) is 12.8 Å². The molecule has 2 aromatic rings. The normalized spacial score (nSPS) is 19.5. The van der Waals surface area contributed by atoms with Crippen LogP contribution >= 0.6 is 11.0 Å². The summed E-state index contributed by atoms with van der Waals surface area (Å²) < 4.78 is 38.6. The Balaban J connectivity index is 1.82. The van der Waals surface area contributed by atoms with E-state index in [-0.39, 0.29) is 11.1 Å². The van der Waals surface area contributed by atoms with Gasteiger partial charge in [-0.2, -0.15) is 5.26 Å². The molecule has 25 heavy (non-hydrogen) atoms. The van der Waals surface area contributed by atoms with Crippen molar-refractivity contribution in [1.82, 2.24) is 0 Å². The summed E-state index contributed by atoms with van der Waals surface area (Å²) >= 11 is 0. The number of halogens is 1. The Morgan fingerprint density at radius 2 is 2.00 bits per heavy atom. The molecule has 0 saturated heterocycles. The number of fused-ring (bicyclic) bond motifs is 1. The number of rotatable bonds is 3. The lowest BCUT2D eigenvalue weighted by Crippen LogP contribution is -2.32. The van der Waals surface area contributed by atoms with E-state index < -0.39 is 16.8 Å². The molecule has 0 amide bonds. The first-order valence-electron chi connectivity index (χ1n) is 8.06. The third-order valence-electron chi connectivity index (χ3n) is 4.79. The lowest BCUT2D eigenvalue weighted by molar-refractivity contribution is 0.481. The van der Waals surface area contributed by atoms with E-state index in [1.54, 1.807) is 35.6 Å². The van der Waals surface area contributed by atoms with Gasteiger partial charge in [0.25, 0.3) is 0 Å². The van der Waals surface area contributed by atoms with Crippen molar-refractivity contribution >= 4 is 22.3 Å². The van der Waals surface area contributed by atoms with E-state index in [1.165, 1.54) is 16.4 Å². The molecule has 5 nitrogen and oxygen atoms in total. The Morgan fingerprint density at radius 3 is 2.68 bits per heavy atom. The second-order valence-electron chi connectivity index (χ2n) is 6.47. The van der Waals surface area contributed by atoms with Crippen molar-refractivity contribution in [3.8, 4) is 17.2 Å². The molecular formula is C18H18FN3O2S. The van der Waals surface area contributed by atoms with Crippen molar-refractivity contribution in [3.63, 3.8) is 0 Å². The minimum Gasteiger partial charge on any atom is -0.264 e. The second kappa shape index (κ2) is 5.63. The van der Waals surface area contributed by atoms with Crippen LogP contribution in [0.25, 0.3) is 11.1 Å². The molecule has 1 aliphatic carbocycles. The van der Waals surface area contributed by atoms with Crippen LogP contribution in [0.3, 0.4) is 0 Å². The van der Waals surface area contributed by atoms with Crippen LogP contribution in [0, 0.1) is 23.1 Å². The molecule has 0 unspecified atom stereocenters. The fourth-order valence-corrected chi connectivity index (χ4v) is 4.73. The van der Waals surface area contributed by atoms with Gasteiger partial charge in [0.15, 0.2) is 0 Å². The molecule has 1 aliphatic heterocycles. The number of nitrogens with zero attached hydrogens (tertiary/aromatic N) is 3. The average Bonchev–Trinajstić information content (AvgIpc) is 3.39. The molecule has 2 aliphatic rings. The molecule has 1 fully saturated rings. The Kier molecular flexibility index (Phi) is 3.65. The number of nitriles is 1. The van der Waals surface area contributed by atoms with Crippen LogP contribution in [0.2, 0.25) is 0 Å². The zero-order valence-corrected chi connectivity index (χ0v) is 14.5. The maximum absolute atomic E-state index is 14.3. The number of hydrogen-bond acceptors (Lipinski definition) is 5. The topological polar surface area (TPSA) is 70.7 Å². The van der Waals surface area contributed by atoms with Gasteiger partial charge >= 0.3 is 0 Å². The predicted molar refractivity (Wildman–Crippen MR) is 97.9 cm³/mol. The van der Waals surface area contributed by atoms with Crippen LogP contribution in [0.4, 0.5) is 15.8 Å². The smallest absolute Gasteiger partial charge is 0.132 e. The maximum atomic E-state index is 14.3. The highest BCUT2D eigenvalue weighted by Crippen LogP contribution is 2.61. The molecule has 4 rings (SSSR count). The van der Waals surface area contributed by atoms with Gasteiger partial charge in [0.1, 0.15) is 5.82 Å². The van der Waals surface area contributed by atoms with E-state index in [4.69, 9.17) is 0 Å². The molecule has 0 bridgehead atoms. The Bertz CT molecular complexity index is 892. The molecule has 7 heteroatoms. The fraction of sp³-hybridized carbons (Fsp3) is 0.278. The fourth-order valence-electron chi connectivity index (χ4n) is 3.20. The zero-order valence-electron chi connectivity index (χ0n) is 13.7. The van der Waals surface area contributed by atoms with Gasteiger partial charge in [-0.25, -0.2) is 4.39 Å². The minimum atomic E-state index is -3.10. The summed E-state index contributed by atoms with van der Waals surface area (Å²) in [4.78, 5) is 0. The molecule has 0 radical (unpaired) electrons. The summed E-state index contributed by atoms with van der Waals surface area (Å²) in [5, 5.41) is 9.27. The summed E-state index contributed by atoms with van der Waals surface area (Å²) in [7, 11) is -1.47. The van der Waals surface area contributed by atoms with Gasteiger partial charge in [0, 0.05) is 19.2 Å². The number of anilines is 2. The van der Waals surface area contributed by atoms with E-state index in [9.17, 15) is 18.8 Å². The molecule has 2 N–H and O–H groups in total. The van der Waals surface area contributed by atoms with Crippen molar-refractivity contribution < 1.29 is 13.5 Å². The Hall–Kier alpha value is -2.27. The Labute approximate surface area is 147 Å². The van der Waals surface area contributed by atoms with Crippen LogP contribution in [0.5, 0.6) is 0 Å². The average molecular weight is 359 g/mol. The third-order valence-corrected chi connectivity index (χ3v) is 6.66. The molecule has 1 heterocycles. The van der Waals surface area contributed by atoms with Gasteiger partial charge in [0.05, 0.1) is 23.0 Å². The van der Waals surface area contributed by atoms with E-state index in [0.29, 0.717) is 23.7 Å². The summed E-state index contributed by atoms with van der Waals surface area (Å²) in [6.07, 6.45) is 2.20. The van der Waals surface area contributed by atoms with E-state index in [2.05, 4.69) is 0 Å². The van der Waals surface area contributed by atoms with Crippen LogP contribution in [0.1, 0.15) is 18.4 Å². The molecule has 0 atom stereocenters. The standard InChI is InChI=1S/C18H18FN3O2S/c1-21-17-9-13(18-14(10-20)3-2-4-15(18)19)7-8-16(17)22(25(21,23)24)11-12-5-6-12/h2-4,7-9,12,23-24H,5-6,11H2,1H3. The summed E-state index contributed by atoms with van der Waals surface area (Å²) in [5.41, 5.74) is 2.39. The molecule has 0 spiro atoms. The van der Waals surface area contributed by atoms with Crippen LogP contribution in [-0.2, 0) is 0 Å². The third kappa shape index (κ3) is 2.54. The molecule has 2 aromatic carbocycles. The van der Waals surface area contributed by atoms with Crippen LogP contribution < -0.4 is 8.61 Å². The van der Waals surface area contributed by atoms with Gasteiger partial charge in [-0.15, -0.1) is 0 Å². The van der Waals surface area contributed by atoms with Gasteiger partial charge < -0.3 is 0 Å². The van der Waals surface area contributed by atoms with Crippen LogP contribution in [0.15, 0.2) is 36.4 Å². The van der Waals surface area contributed by atoms with E-state index >= 15 is 0 Å². The monoisotopic (exact) mass is 359 g/mol. The lowest BCUT2D eigenvalue weighted by Gasteiger charge is -2.42. The molecule has 130 valence electrons. The van der Waals surface area contributed by atoms with Crippen molar-refractivity contribution in [3.05, 3.63) is 47.8 Å². The second-order valence-corrected chi connectivity index (χ2v) is 8.44. The van der Waals surface area contributed by atoms with Gasteiger partial charge in [-0.1, -0.05) is 12.1 Å². The highest BCUT2D eigenvalue weighted by molar-refractivity contribution is 8.26. The van der Waals surface area contributed by atoms with Gasteiger partial charge in [0.2, 0.25) is 0 Å². The van der Waals surface area contributed by atoms with E-state index in [0.717, 1.165) is 18.5 Å². The zero-order chi connectivity index (χ0) is 17.8. The summed E-state index contributed by atoms with van der Waals surface area (Å²) in [6, 6.07) is 11.6. The molecule has 1 saturated carbocycles. The van der Waals surface area contributed by atoms with E-state index in [1.807, 2.05) is 6.07 Å². The van der Waals surface area contributed by atoms with Crippen molar-refractivity contribution in [2.24, 2.45) is 5.92 Å². The summed E-state index contributed by atoms with van der Waals surface area (Å²) in [6.45, 7) is 0.599. The number of benzene rings is 2. The molecule has 0 aromatic heterocycles. The quantitative estimate of drug-likeness (QED) is 0.837. The van der Waals surface area contributed by atoms with Gasteiger partial charge in [-0.05, 0) is 59.6 Å². The minimum absolute atomic E-state index is 0.235. The van der Waals surface area contributed by atoms with Gasteiger partial charge in [-0.3, -0.25) is 17.7 Å². The lowest BCUT2D eigenvalue weighted by atomic mass is 9.98. The highest BCUT2D eigenvalue weighted by atomic mass is 32.3. The first-order chi connectivity index (χ1) is 11.9. The largest absolute Gasteiger partial charge is 0.264 e. The van der Waals surface area contributed by atoms with Crippen molar-refractivity contribution in [2.75, 3.05) is 22.2 Å². The Morgan fingerprint density at radius 1 is 1.24 bits per heavy atom. The SMILES string of the molecule is CN1c2cc(-c3c(F)cccc3C#N)ccc2N(CC2CC2)S1(O)O. The maximum Gasteiger partial charge on any atom is 0.132 e. The highest BCUT2D eigenvalue weighted by Gasteiger charge is 2.41. The predicted octanol–water partition coefficient (Wildman–Crippen LogP) is 4.61. The molecular weight excluding hydrogens is 341 g/mol. The van der Waals surface area contributed by atoms with Crippen LogP contribution in [-0.4, -0.2) is 22.7 Å². The van der Waals surface area contributed by atoms with Crippen molar-refractivity contribution in [1.29, 1.82) is 5.26 Å². The first-order valence-corrected chi connectivity index (χ1v) is 9.52.